The minimum atomic E-state index is 0.488. The van der Waals surface area contributed by atoms with Crippen LogP contribution in [0.1, 0.15) is 16.7 Å². The van der Waals surface area contributed by atoms with Crippen LogP contribution in [0.4, 0.5) is 0 Å². The van der Waals surface area contributed by atoms with Crippen molar-refractivity contribution in [2.75, 3.05) is 6.61 Å². The molecule has 2 rings (SSSR count). The summed E-state index contributed by atoms with van der Waals surface area (Å²) in [5, 5.41) is 16.7. The Hall–Kier alpha value is -3.19. The molecule has 0 aromatic heterocycles. The van der Waals surface area contributed by atoms with E-state index in [0.717, 1.165) is 16.9 Å². The van der Waals surface area contributed by atoms with E-state index in [2.05, 4.69) is 22.9 Å². The highest BCUT2D eigenvalue weighted by Gasteiger charge is 1.92. The lowest BCUT2D eigenvalue weighted by Crippen LogP contribution is -1.92. The second-order valence-corrected chi connectivity index (χ2v) is 4.39. The summed E-state index contributed by atoms with van der Waals surface area (Å²) < 4.78 is 5.40. The molecule has 0 unspecified atom stereocenters. The molecule has 108 valence electrons. The Morgan fingerprint density at radius 1 is 0.955 bits per heavy atom. The van der Waals surface area contributed by atoms with Crippen LogP contribution in [0.15, 0.2) is 71.4 Å². The molecule has 4 heteroatoms. The van der Waals surface area contributed by atoms with Crippen LogP contribution in [-0.2, 0) is 0 Å². The van der Waals surface area contributed by atoms with Gasteiger partial charge in [-0.25, -0.2) is 0 Å². The van der Waals surface area contributed by atoms with Crippen molar-refractivity contribution in [3.05, 3.63) is 77.9 Å². The fourth-order valence-electron chi connectivity index (χ4n) is 1.65. The minimum Gasteiger partial charge on any atom is -0.490 e. The van der Waals surface area contributed by atoms with E-state index in [4.69, 9.17) is 10.00 Å². The predicted octanol–water partition coefficient (Wildman–Crippen LogP) is 3.58. The fourth-order valence-corrected chi connectivity index (χ4v) is 1.65. The molecule has 0 N–H and O–H groups in total. The van der Waals surface area contributed by atoms with Crippen molar-refractivity contribution in [1.29, 1.82) is 5.26 Å². The van der Waals surface area contributed by atoms with Gasteiger partial charge in [-0.2, -0.15) is 15.5 Å². The van der Waals surface area contributed by atoms with E-state index in [1.165, 1.54) is 0 Å². The van der Waals surface area contributed by atoms with Gasteiger partial charge < -0.3 is 4.74 Å². The van der Waals surface area contributed by atoms with Crippen LogP contribution < -0.4 is 4.74 Å². The molecule has 0 bridgehead atoms. The second kappa shape index (κ2) is 8.18. The van der Waals surface area contributed by atoms with Crippen molar-refractivity contribution < 1.29 is 4.74 Å². The van der Waals surface area contributed by atoms with Crippen LogP contribution in [0.25, 0.3) is 0 Å². The minimum absolute atomic E-state index is 0.488. The molecular weight excluding hydrogens is 274 g/mol. The Morgan fingerprint density at radius 3 is 2.00 bits per heavy atom. The Labute approximate surface area is 129 Å². The summed E-state index contributed by atoms with van der Waals surface area (Å²) in [6.45, 7) is 4.09. The zero-order valence-corrected chi connectivity index (χ0v) is 12.0. The number of benzene rings is 2. The first-order valence-electron chi connectivity index (χ1n) is 6.72. The number of hydrogen-bond acceptors (Lipinski definition) is 4. The number of ether oxygens (including phenoxy) is 1. The van der Waals surface area contributed by atoms with Gasteiger partial charge in [0, 0.05) is 0 Å². The fraction of sp³-hybridized carbons (Fsp3) is 0.0556. The average molecular weight is 289 g/mol. The molecule has 0 aliphatic heterocycles. The zero-order chi connectivity index (χ0) is 15.6. The maximum absolute atomic E-state index is 8.72. The first-order valence-corrected chi connectivity index (χ1v) is 6.72. The number of nitriles is 1. The highest BCUT2D eigenvalue weighted by Crippen LogP contribution is 2.11. The van der Waals surface area contributed by atoms with Crippen molar-refractivity contribution in [2.24, 2.45) is 10.2 Å². The topological polar surface area (TPSA) is 57.7 Å². The van der Waals surface area contributed by atoms with Gasteiger partial charge in [0.15, 0.2) is 0 Å². The molecule has 2 aromatic rings. The largest absolute Gasteiger partial charge is 0.490 e. The first-order chi connectivity index (χ1) is 10.8. The molecule has 2 aromatic carbocycles. The van der Waals surface area contributed by atoms with Gasteiger partial charge in [-0.05, 0) is 47.5 Å². The standard InChI is InChI=1S/C18H15N3O/c1-2-11-22-18-9-7-17(8-10-18)14-21-20-13-16-5-3-15(12-19)4-6-16/h2-10,13-14H,1,11H2. The smallest absolute Gasteiger partial charge is 0.119 e. The van der Waals surface area contributed by atoms with E-state index in [9.17, 15) is 0 Å². The van der Waals surface area contributed by atoms with Gasteiger partial charge in [0.05, 0.1) is 24.1 Å². The van der Waals surface area contributed by atoms with Gasteiger partial charge in [0.2, 0.25) is 0 Å². The van der Waals surface area contributed by atoms with E-state index in [0.29, 0.717) is 12.2 Å². The van der Waals surface area contributed by atoms with Crippen molar-refractivity contribution in [1.82, 2.24) is 0 Å². The Balaban J connectivity index is 1.92. The summed E-state index contributed by atoms with van der Waals surface area (Å²) in [5.74, 6) is 0.790. The maximum Gasteiger partial charge on any atom is 0.119 e. The predicted molar refractivity (Wildman–Crippen MR) is 88.5 cm³/mol. The van der Waals surface area contributed by atoms with Crippen molar-refractivity contribution in [3.63, 3.8) is 0 Å². The van der Waals surface area contributed by atoms with Crippen LogP contribution >= 0.6 is 0 Å². The molecule has 0 spiro atoms. The summed E-state index contributed by atoms with van der Waals surface area (Å²) >= 11 is 0. The van der Waals surface area contributed by atoms with Crippen molar-refractivity contribution in [3.8, 4) is 11.8 Å². The zero-order valence-electron chi connectivity index (χ0n) is 12.0. The number of nitrogens with zero attached hydrogens (tertiary/aromatic N) is 3. The van der Waals surface area contributed by atoms with Crippen molar-refractivity contribution in [2.45, 2.75) is 0 Å². The van der Waals surface area contributed by atoms with Gasteiger partial charge in [0.1, 0.15) is 12.4 Å². The van der Waals surface area contributed by atoms with Crippen LogP contribution in [-0.4, -0.2) is 19.0 Å². The molecule has 0 saturated carbocycles. The van der Waals surface area contributed by atoms with Crippen LogP contribution in [0.5, 0.6) is 5.75 Å². The van der Waals surface area contributed by atoms with Gasteiger partial charge in [-0.1, -0.05) is 24.8 Å². The third kappa shape index (κ3) is 4.73. The molecule has 0 heterocycles. The summed E-state index contributed by atoms with van der Waals surface area (Å²) in [4.78, 5) is 0. The molecule has 0 aliphatic carbocycles. The Bertz CT molecular complexity index is 707. The summed E-state index contributed by atoms with van der Waals surface area (Å²) in [6, 6.07) is 16.7. The highest BCUT2D eigenvalue weighted by molar-refractivity contribution is 5.82. The molecule has 4 nitrogen and oxygen atoms in total. The van der Waals surface area contributed by atoms with Gasteiger partial charge in [-0.15, -0.1) is 0 Å². The molecular formula is C18H15N3O. The summed E-state index contributed by atoms with van der Waals surface area (Å²) in [7, 11) is 0. The van der Waals surface area contributed by atoms with Gasteiger partial charge in [0.25, 0.3) is 0 Å². The third-order valence-corrected chi connectivity index (χ3v) is 2.77. The van der Waals surface area contributed by atoms with E-state index < -0.39 is 0 Å². The third-order valence-electron chi connectivity index (χ3n) is 2.77. The van der Waals surface area contributed by atoms with Crippen molar-refractivity contribution >= 4 is 12.4 Å². The molecule has 0 radical (unpaired) electrons. The van der Waals surface area contributed by atoms with E-state index in [1.807, 2.05) is 36.4 Å². The lowest BCUT2D eigenvalue weighted by Gasteiger charge is -2.02. The SMILES string of the molecule is C=CCOc1ccc(C=NN=Cc2ccc(C#N)cc2)cc1. The van der Waals surface area contributed by atoms with Crippen LogP contribution in [0.3, 0.4) is 0 Å². The summed E-state index contributed by atoms with van der Waals surface area (Å²) in [6.07, 6.45) is 5.00. The number of rotatable bonds is 6. The van der Waals surface area contributed by atoms with Crippen LogP contribution in [0, 0.1) is 11.3 Å². The maximum atomic E-state index is 8.72. The van der Waals surface area contributed by atoms with Gasteiger partial charge in [-0.3, -0.25) is 0 Å². The molecule has 0 aliphatic rings. The first kappa shape index (κ1) is 15.2. The molecule has 0 fully saturated rings. The highest BCUT2D eigenvalue weighted by atomic mass is 16.5. The molecule has 22 heavy (non-hydrogen) atoms. The molecule has 0 saturated heterocycles. The van der Waals surface area contributed by atoms with Gasteiger partial charge >= 0.3 is 0 Å². The van der Waals surface area contributed by atoms with E-state index >= 15 is 0 Å². The quantitative estimate of drug-likeness (QED) is 0.463. The normalized spacial score (nSPS) is 10.7. The summed E-state index contributed by atoms with van der Waals surface area (Å²) in [5.41, 5.74) is 2.45. The lowest BCUT2D eigenvalue weighted by molar-refractivity contribution is 0.363. The Kier molecular flexibility index (Phi) is 5.65. The Morgan fingerprint density at radius 2 is 1.50 bits per heavy atom. The lowest BCUT2D eigenvalue weighted by atomic mass is 10.2. The number of hydrogen-bond donors (Lipinski definition) is 0. The molecule has 0 atom stereocenters. The van der Waals surface area contributed by atoms with Crippen LogP contribution in [0.2, 0.25) is 0 Å². The monoisotopic (exact) mass is 289 g/mol. The average Bonchev–Trinajstić information content (AvgIpc) is 2.58. The van der Waals surface area contributed by atoms with E-state index in [-0.39, 0.29) is 0 Å². The second-order valence-electron chi connectivity index (χ2n) is 4.39. The molecule has 0 amide bonds. The van der Waals surface area contributed by atoms with E-state index in [1.54, 1.807) is 30.6 Å².